The van der Waals surface area contributed by atoms with Crippen LogP contribution in [0.4, 0.5) is 5.82 Å². The first-order valence-corrected chi connectivity index (χ1v) is 6.78. The first kappa shape index (κ1) is 12.8. The van der Waals surface area contributed by atoms with Crippen molar-refractivity contribution in [2.45, 2.75) is 45.1 Å². The summed E-state index contributed by atoms with van der Waals surface area (Å²) in [5, 5.41) is 11.1. The zero-order valence-corrected chi connectivity index (χ0v) is 11.3. The first-order valence-electron chi connectivity index (χ1n) is 6.03. The Morgan fingerprint density at radius 3 is 2.76 bits per heavy atom. The molecule has 0 radical (unpaired) electrons. The van der Waals surface area contributed by atoms with E-state index in [1.807, 2.05) is 0 Å². The van der Waals surface area contributed by atoms with Gasteiger partial charge in [-0.15, -0.1) is 10.2 Å². The third-order valence-electron chi connectivity index (χ3n) is 3.38. The van der Waals surface area contributed by atoms with Crippen LogP contribution in [0.3, 0.4) is 0 Å². The molecule has 1 saturated carbocycles. The molecule has 0 aromatic carbocycles. The number of hydrogen-bond acceptors (Lipinski definition) is 4. The largest absolute Gasteiger partial charge is 0.364 e. The van der Waals surface area contributed by atoms with E-state index in [1.165, 1.54) is 25.7 Å². The third-order valence-corrected chi connectivity index (χ3v) is 3.79. The lowest BCUT2D eigenvalue weighted by Gasteiger charge is -2.31. The molecule has 17 heavy (non-hydrogen) atoms. The van der Waals surface area contributed by atoms with Gasteiger partial charge in [0, 0.05) is 6.04 Å². The van der Waals surface area contributed by atoms with Crippen LogP contribution in [0.2, 0.25) is 10.4 Å². The number of rotatable bonds is 3. The minimum Gasteiger partial charge on any atom is -0.364 e. The Hall–Kier alpha value is -0.610. The highest BCUT2D eigenvalue weighted by molar-refractivity contribution is 6.32. The van der Waals surface area contributed by atoms with Crippen molar-refractivity contribution in [1.82, 2.24) is 15.2 Å². The van der Waals surface area contributed by atoms with E-state index in [1.54, 1.807) is 0 Å². The molecule has 2 atom stereocenters. The monoisotopic (exact) mass is 274 g/mol. The second-order valence-electron chi connectivity index (χ2n) is 4.42. The van der Waals surface area contributed by atoms with Crippen molar-refractivity contribution in [2.75, 3.05) is 5.32 Å². The van der Waals surface area contributed by atoms with Crippen molar-refractivity contribution < 1.29 is 0 Å². The lowest BCUT2D eigenvalue weighted by molar-refractivity contribution is 0.316. The van der Waals surface area contributed by atoms with Crippen molar-refractivity contribution >= 4 is 29.0 Å². The maximum absolute atomic E-state index is 5.95. The fraction of sp³-hybridized carbons (Fsp3) is 0.727. The summed E-state index contributed by atoms with van der Waals surface area (Å²) < 4.78 is 0. The summed E-state index contributed by atoms with van der Waals surface area (Å²) in [7, 11) is 0. The van der Waals surface area contributed by atoms with E-state index in [-0.39, 0.29) is 10.4 Å². The molecule has 4 nitrogen and oxygen atoms in total. The fourth-order valence-electron chi connectivity index (χ4n) is 2.45. The number of aromatic nitrogens is 3. The van der Waals surface area contributed by atoms with Gasteiger partial charge < -0.3 is 5.32 Å². The predicted molar refractivity (Wildman–Crippen MR) is 69.5 cm³/mol. The molecular weight excluding hydrogens is 259 g/mol. The van der Waals surface area contributed by atoms with E-state index in [2.05, 4.69) is 27.4 Å². The molecule has 0 saturated heterocycles. The Labute approximate surface area is 111 Å². The van der Waals surface area contributed by atoms with E-state index in [0.29, 0.717) is 17.8 Å². The van der Waals surface area contributed by atoms with Crippen molar-refractivity contribution in [3.05, 3.63) is 10.4 Å². The quantitative estimate of drug-likeness (QED) is 0.916. The van der Waals surface area contributed by atoms with Crippen LogP contribution < -0.4 is 5.32 Å². The van der Waals surface area contributed by atoms with E-state index < -0.39 is 0 Å². The molecule has 1 aliphatic rings. The van der Waals surface area contributed by atoms with Crippen LogP contribution in [-0.2, 0) is 0 Å². The highest BCUT2D eigenvalue weighted by Crippen LogP contribution is 2.30. The molecule has 1 aliphatic carbocycles. The summed E-state index contributed by atoms with van der Waals surface area (Å²) in [6.07, 6.45) is 6.14. The minimum absolute atomic E-state index is 0.126. The highest BCUT2D eigenvalue weighted by atomic mass is 35.5. The van der Waals surface area contributed by atoms with Crippen LogP contribution in [0.15, 0.2) is 0 Å². The molecule has 1 aromatic heterocycles. The fourth-order valence-corrected chi connectivity index (χ4v) is 2.70. The van der Waals surface area contributed by atoms with Crippen LogP contribution in [-0.4, -0.2) is 21.2 Å². The summed E-state index contributed by atoms with van der Waals surface area (Å²) in [4.78, 5) is 4.08. The maximum atomic E-state index is 5.95. The Bertz CT molecular complexity index is 386. The van der Waals surface area contributed by atoms with E-state index in [9.17, 15) is 0 Å². The average molecular weight is 275 g/mol. The smallest absolute Gasteiger partial charge is 0.245 e. The number of halogens is 2. The summed E-state index contributed by atoms with van der Waals surface area (Å²) in [5.41, 5.74) is 0. The molecule has 0 amide bonds. The minimum atomic E-state index is 0.126. The summed E-state index contributed by atoms with van der Waals surface area (Å²) in [5.74, 6) is 1.23. The van der Waals surface area contributed by atoms with Crippen molar-refractivity contribution in [3.8, 4) is 0 Å². The van der Waals surface area contributed by atoms with Crippen LogP contribution in [0.25, 0.3) is 0 Å². The molecule has 1 fully saturated rings. The molecule has 1 aromatic rings. The van der Waals surface area contributed by atoms with Gasteiger partial charge in [0.2, 0.25) is 5.28 Å². The second-order valence-corrected chi connectivity index (χ2v) is 5.12. The van der Waals surface area contributed by atoms with Gasteiger partial charge in [-0.25, -0.2) is 0 Å². The predicted octanol–water partition coefficient (Wildman–Crippen LogP) is 3.56. The van der Waals surface area contributed by atoms with Crippen molar-refractivity contribution in [3.63, 3.8) is 0 Å². The van der Waals surface area contributed by atoms with Gasteiger partial charge in [-0.1, -0.05) is 37.8 Å². The molecule has 1 N–H and O–H groups in total. The lowest BCUT2D eigenvalue weighted by atomic mass is 9.83. The lowest BCUT2D eigenvalue weighted by Crippen LogP contribution is -2.32. The van der Waals surface area contributed by atoms with E-state index in [0.717, 1.165) is 6.42 Å². The average Bonchev–Trinajstić information content (AvgIpc) is 2.34. The molecule has 94 valence electrons. The van der Waals surface area contributed by atoms with Crippen LogP contribution in [0.1, 0.15) is 39.0 Å². The normalized spacial score (nSPS) is 24.6. The third kappa shape index (κ3) is 3.19. The SMILES string of the molecule is CCC1CCCCC1Nc1nc(Cl)nnc1Cl. The van der Waals surface area contributed by atoms with Gasteiger partial charge in [0.25, 0.3) is 0 Å². The van der Waals surface area contributed by atoms with Crippen LogP contribution in [0, 0.1) is 5.92 Å². The standard InChI is InChI=1S/C11H16Cl2N4/c1-2-7-5-3-4-6-8(7)14-10-9(12)16-17-11(13)15-10/h7-8H,2-6H2,1H3,(H,14,15,17). The van der Waals surface area contributed by atoms with Crippen molar-refractivity contribution in [1.29, 1.82) is 0 Å². The van der Waals surface area contributed by atoms with Gasteiger partial charge in [-0.2, -0.15) is 4.98 Å². The van der Waals surface area contributed by atoms with Gasteiger partial charge in [0.15, 0.2) is 11.0 Å². The molecule has 0 spiro atoms. The molecule has 1 heterocycles. The molecule has 2 unspecified atom stereocenters. The Morgan fingerprint density at radius 1 is 1.24 bits per heavy atom. The molecular formula is C11H16Cl2N4. The number of anilines is 1. The van der Waals surface area contributed by atoms with Gasteiger partial charge in [0.1, 0.15) is 0 Å². The number of nitrogens with zero attached hydrogens (tertiary/aromatic N) is 3. The Balaban J connectivity index is 2.10. The summed E-state index contributed by atoms with van der Waals surface area (Å²) in [6.45, 7) is 2.22. The second kappa shape index (κ2) is 5.83. The van der Waals surface area contributed by atoms with Gasteiger partial charge >= 0.3 is 0 Å². The molecule has 0 aliphatic heterocycles. The van der Waals surface area contributed by atoms with Gasteiger partial charge in [-0.05, 0) is 30.4 Å². The number of hydrogen-bond donors (Lipinski definition) is 1. The van der Waals surface area contributed by atoms with E-state index in [4.69, 9.17) is 23.2 Å². The topological polar surface area (TPSA) is 50.7 Å². The highest BCUT2D eigenvalue weighted by Gasteiger charge is 2.24. The van der Waals surface area contributed by atoms with E-state index >= 15 is 0 Å². The zero-order valence-electron chi connectivity index (χ0n) is 9.79. The molecule has 2 rings (SSSR count). The maximum Gasteiger partial charge on any atom is 0.245 e. The van der Waals surface area contributed by atoms with Crippen LogP contribution >= 0.6 is 23.2 Å². The first-order chi connectivity index (χ1) is 8.20. The van der Waals surface area contributed by atoms with Gasteiger partial charge in [-0.3, -0.25) is 0 Å². The molecule has 6 heteroatoms. The van der Waals surface area contributed by atoms with Crippen molar-refractivity contribution in [2.24, 2.45) is 5.92 Å². The number of nitrogens with one attached hydrogen (secondary N) is 1. The summed E-state index contributed by atoms with van der Waals surface area (Å²) >= 11 is 11.7. The van der Waals surface area contributed by atoms with Crippen LogP contribution in [0.5, 0.6) is 0 Å². The Kier molecular flexibility index (Phi) is 4.40. The Morgan fingerprint density at radius 2 is 2.00 bits per heavy atom. The summed E-state index contributed by atoms with van der Waals surface area (Å²) in [6, 6.07) is 0.416. The molecule has 0 bridgehead atoms. The zero-order chi connectivity index (χ0) is 12.3. The van der Waals surface area contributed by atoms with Gasteiger partial charge in [0.05, 0.1) is 0 Å².